The molecule has 2 saturated heterocycles. The van der Waals surface area contributed by atoms with Crippen LogP contribution in [-0.2, 0) is 4.79 Å². The first-order chi connectivity index (χ1) is 11.1. The van der Waals surface area contributed by atoms with E-state index in [0.29, 0.717) is 18.7 Å². The van der Waals surface area contributed by atoms with E-state index in [2.05, 4.69) is 4.90 Å². The molecule has 2 rings (SSSR count). The number of thioether (sulfide) groups is 1. The van der Waals surface area contributed by atoms with Crippen molar-refractivity contribution in [1.29, 1.82) is 0 Å². The number of halogens is 1. The lowest BCUT2D eigenvalue weighted by Gasteiger charge is -2.51. The quantitative estimate of drug-likeness (QED) is 0.718. The highest BCUT2D eigenvalue weighted by molar-refractivity contribution is 7.99. The summed E-state index contributed by atoms with van der Waals surface area (Å²) in [4.78, 5) is 16.6. The SMILES string of the molecule is CSCC(=O)N1CCC[C@@]2(CN(CCCCCF)CC[C@H]2O)C1. The van der Waals surface area contributed by atoms with E-state index in [1.165, 1.54) is 0 Å². The molecule has 0 bridgehead atoms. The van der Waals surface area contributed by atoms with Crippen molar-refractivity contribution in [3.63, 3.8) is 0 Å². The van der Waals surface area contributed by atoms with Crippen molar-refractivity contribution >= 4 is 17.7 Å². The Morgan fingerprint density at radius 1 is 1.30 bits per heavy atom. The Labute approximate surface area is 143 Å². The first-order valence-electron chi connectivity index (χ1n) is 8.84. The standard InChI is InChI=1S/C17H31FN2O2S/c1-23-12-16(22)20-10-5-7-17(14-20)13-19(11-6-15(17)21)9-4-2-3-8-18/h15,21H,2-14H2,1H3/t15-,17-/m1/s1. The number of rotatable bonds is 7. The zero-order valence-electron chi connectivity index (χ0n) is 14.3. The minimum absolute atomic E-state index is 0.162. The van der Waals surface area contributed by atoms with Crippen LogP contribution in [0.2, 0.25) is 0 Å². The van der Waals surface area contributed by atoms with E-state index in [-0.39, 0.29) is 24.1 Å². The number of nitrogens with zero attached hydrogens (tertiary/aromatic N) is 2. The second-order valence-corrected chi connectivity index (χ2v) is 7.91. The second kappa shape index (κ2) is 9.23. The molecule has 0 radical (unpaired) electrons. The van der Waals surface area contributed by atoms with E-state index in [9.17, 15) is 14.3 Å². The molecule has 2 fully saturated rings. The van der Waals surface area contributed by atoms with Gasteiger partial charge in [-0.3, -0.25) is 9.18 Å². The number of piperidine rings is 2. The van der Waals surface area contributed by atoms with E-state index in [4.69, 9.17) is 0 Å². The fourth-order valence-corrected chi connectivity index (χ4v) is 4.46. The summed E-state index contributed by atoms with van der Waals surface area (Å²) in [6.45, 7) is 4.05. The topological polar surface area (TPSA) is 43.8 Å². The molecule has 134 valence electrons. The van der Waals surface area contributed by atoms with Crippen molar-refractivity contribution in [2.24, 2.45) is 5.41 Å². The first-order valence-corrected chi connectivity index (χ1v) is 10.2. The van der Waals surface area contributed by atoms with Gasteiger partial charge in [-0.2, -0.15) is 11.8 Å². The zero-order chi connectivity index (χ0) is 16.7. The average molecular weight is 347 g/mol. The van der Waals surface area contributed by atoms with E-state index in [1.807, 2.05) is 11.2 Å². The van der Waals surface area contributed by atoms with Crippen LogP contribution in [0.25, 0.3) is 0 Å². The number of carbonyl (C=O) groups is 1. The number of likely N-dealkylation sites (tertiary alicyclic amines) is 2. The number of amides is 1. The van der Waals surface area contributed by atoms with Crippen molar-refractivity contribution in [3.05, 3.63) is 0 Å². The molecule has 0 saturated carbocycles. The van der Waals surface area contributed by atoms with Crippen molar-refractivity contribution in [3.8, 4) is 0 Å². The Morgan fingerprint density at radius 3 is 2.87 bits per heavy atom. The van der Waals surface area contributed by atoms with E-state index in [0.717, 1.165) is 58.3 Å². The smallest absolute Gasteiger partial charge is 0.232 e. The summed E-state index contributed by atoms with van der Waals surface area (Å²) in [6, 6.07) is 0. The van der Waals surface area contributed by atoms with Crippen LogP contribution in [0.1, 0.15) is 38.5 Å². The third kappa shape index (κ3) is 5.07. The Kier molecular flexibility index (Phi) is 7.63. The predicted molar refractivity (Wildman–Crippen MR) is 93.5 cm³/mol. The van der Waals surface area contributed by atoms with Gasteiger partial charge in [0.2, 0.25) is 5.91 Å². The molecule has 23 heavy (non-hydrogen) atoms. The molecule has 2 heterocycles. The summed E-state index contributed by atoms with van der Waals surface area (Å²) in [7, 11) is 0. The Hall–Kier alpha value is -0.330. The number of carbonyl (C=O) groups excluding carboxylic acids is 1. The van der Waals surface area contributed by atoms with Gasteiger partial charge in [0, 0.05) is 31.6 Å². The molecular formula is C17H31FN2O2S. The Balaban J connectivity index is 1.92. The number of hydrogen-bond acceptors (Lipinski definition) is 4. The molecule has 0 unspecified atom stereocenters. The number of hydrogen-bond donors (Lipinski definition) is 1. The van der Waals surface area contributed by atoms with Crippen molar-refractivity contribution in [2.75, 3.05) is 51.4 Å². The summed E-state index contributed by atoms with van der Waals surface area (Å²) in [5, 5.41) is 10.6. The number of unbranched alkanes of at least 4 members (excludes halogenated alkanes) is 2. The maximum atomic E-state index is 12.2. The normalized spacial score (nSPS) is 29.2. The molecule has 4 nitrogen and oxygen atoms in total. The Bertz CT molecular complexity index is 386. The van der Waals surface area contributed by atoms with Crippen LogP contribution in [0.4, 0.5) is 4.39 Å². The lowest BCUT2D eigenvalue weighted by atomic mass is 9.71. The molecule has 1 N–H and O–H groups in total. The fourth-order valence-electron chi connectivity index (χ4n) is 4.03. The van der Waals surface area contributed by atoms with E-state index >= 15 is 0 Å². The zero-order valence-corrected chi connectivity index (χ0v) is 15.1. The maximum absolute atomic E-state index is 12.2. The number of aliphatic hydroxyl groups is 1. The third-order valence-electron chi connectivity index (χ3n) is 5.30. The molecule has 0 aliphatic carbocycles. The van der Waals surface area contributed by atoms with Gasteiger partial charge in [-0.25, -0.2) is 0 Å². The lowest BCUT2D eigenvalue weighted by molar-refractivity contribution is -0.138. The van der Waals surface area contributed by atoms with Crippen LogP contribution < -0.4 is 0 Å². The summed E-state index contributed by atoms with van der Waals surface area (Å²) >= 11 is 1.56. The molecule has 1 spiro atoms. The van der Waals surface area contributed by atoms with Gasteiger partial charge in [0.05, 0.1) is 18.5 Å². The highest BCUT2D eigenvalue weighted by Crippen LogP contribution is 2.39. The average Bonchev–Trinajstić information content (AvgIpc) is 2.55. The molecular weight excluding hydrogens is 315 g/mol. The summed E-state index contributed by atoms with van der Waals surface area (Å²) in [5.74, 6) is 0.725. The molecule has 0 aromatic carbocycles. The van der Waals surface area contributed by atoms with Gasteiger partial charge in [-0.1, -0.05) is 0 Å². The fraction of sp³-hybridized carbons (Fsp3) is 0.941. The van der Waals surface area contributed by atoms with Crippen LogP contribution in [0.15, 0.2) is 0 Å². The molecule has 2 aliphatic heterocycles. The second-order valence-electron chi connectivity index (χ2n) is 7.04. The largest absolute Gasteiger partial charge is 0.392 e. The van der Waals surface area contributed by atoms with Crippen LogP contribution >= 0.6 is 11.8 Å². The summed E-state index contributed by atoms with van der Waals surface area (Å²) < 4.78 is 12.2. The summed E-state index contributed by atoms with van der Waals surface area (Å²) in [5.41, 5.74) is -0.162. The molecule has 2 atom stereocenters. The monoisotopic (exact) mass is 346 g/mol. The number of aliphatic hydroxyl groups excluding tert-OH is 1. The van der Waals surface area contributed by atoms with Gasteiger partial charge in [-0.15, -0.1) is 0 Å². The van der Waals surface area contributed by atoms with E-state index in [1.54, 1.807) is 11.8 Å². The molecule has 1 amide bonds. The molecule has 0 aromatic heterocycles. The lowest BCUT2D eigenvalue weighted by Crippen LogP contribution is -2.60. The van der Waals surface area contributed by atoms with Crippen LogP contribution in [-0.4, -0.2) is 78.3 Å². The minimum atomic E-state index is -0.311. The van der Waals surface area contributed by atoms with Gasteiger partial charge < -0.3 is 14.9 Å². The van der Waals surface area contributed by atoms with Gasteiger partial charge in [0.15, 0.2) is 0 Å². The van der Waals surface area contributed by atoms with Crippen LogP contribution in [0.3, 0.4) is 0 Å². The summed E-state index contributed by atoms with van der Waals surface area (Å²) in [6.07, 6.45) is 7.00. The van der Waals surface area contributed by atoms with Gasteiger partial charge in [-0.05, 0) is 51.3 Å². The van der Waals surface area contributed by atoms with Gasteiger partial charge in [0.1, 0.15) is 0 Å². The minimum Gasteiger partial charge on any atom is -0.392 e. The van der Waals surface area contributed by atoms with E-state index < -0.39 is 0 Å². The van der Waals surface area contributed by atoms with Gasteiger partial charge in [0.25, 0.3) is 0 Å². The van der Waals surface area contributed by atoms with Gasteiger partial charge >= 0.3 is 0 Å². The molecule has 0 aromatic rings. The Morgan fingerprint density at radius 2 is 2.13 bits per heavy atom. The molecule has 2 aliphatic rings. The van der Waals surface area contributed by atoms with Crippen molar-refractivity contribution in [2.45, 2.75) is 44.6 Å². The van der Waals surface area contributed by atoms with Crippen LogP contribution in [0.5, 0.6) is 0 Å². The maximum Gasteiger partial charge on any atom is 0.232 e. The van der Waals surface area contributed by atoms with Crippen molar-refractivity contribution in [1.82, 2.24) is 9.80 Å². The van der Waals surface area contributed by atoms with Crippen molar-refractivity contribution < 1.29 is 14.3 Å². The van der Waals surface area contributed by atoms with Crippen LogP contribution in [0, 0.1) is 5.41 Å². The number of alkyl halides is 1. The highest BCUT2D eigenvalue weighted by Gasteiger charge is 2.45. The highest BCUT2D eigenvalue weighted by atomic mass is 32.2. The predicted octanol–water partition coefficient (Wildman–Crippen LogP) is 2.16. The molecule has 6 heteroatoms. The third-order valence-corrected chi connectivity index (χ3v) is 5.84. The first kappa shape index (κ1) is 19.0.